The van der Waals surface area contributed by atoms with Gasteiger partial charge in [0, 0.05) is 50.9 Å². The number of nitriles is 2. The van der Waals surface area contributed by atoms with E-state index in [1.807, 2.05) is 24.3 Å². The largest absolute Gasteiger partial charge is 0.520 e. The molecular formula is C48H38N4O4S4. The number of fused-ring (bicyclic) bond motifs is 9. The maximum Gasteiger partial charge on any atom is 0.520 e. The molecule has 0 radical (unpaired) electrons. The second-order valence-corrected chi connectivity index (χ2v) is 20.3. The molecule has 2 atom stereocenters. The van der Waals surface area contributed by atoms with Crippen molar-refractivity contribution in [1.29, 1.82) is 10.5 Å². The van der Waals surface area contributed by atoms with Gasteiger partial charge in [0.25, 0.3) is 0 Å². The van der Waals surface area contributed by atoms with Crippen molar-refractivity contribution in [3.8, 4) is 54.6 Å². The zero-order valence-corrected chi connectivity index (χ0v) is 36.3. The Kier molecular flexibility index (Phi) is 9.74. The minimum atomic E-state index is -0.394. The van der Waals surface area contributed by atoms with E-state index < -0.39 is 11.2 Å². The number of hydrogen-bond acceptors (Lipinski definition) is 10. The van der Waals surface area contributed by atoms with Crippen molar-refractivity contribution in [2.24, 2.45) is 11.8 Å². The molecule has 10 rings (SSSR count). The topological polar surface area (TPSA) is 93.2 Å². The molecule has 298 valence electrons. The van der Waals surface area contributed by atoms with E-state index in [-0.39, 0.29) is 23.2 Å². The van der Waals surface area contributed by atoms with Gasteiger partial charge in [-0.15, -0.1) is 45.3 Å². The monoisotopic (exact) mass is 862 g/mol. The Hall–Kier alpha value is -5.60. The lowest BCUT2D eigenvalue weighted by Crippen LogP contribution is -2.45. The first-order valence-electron chi connectivity index (χ1n) is 20.2. The van der Waals surface area contributed by atoms with Crippen molar-refractivity contribution >= 4 is 68.6 Å². The van der Waals surface area contributed by atoms with Crippen LogP contribution in [0.15, 0.2) is 71.1 Å². The molecule has 2 aliphatic heterocycles. The summed E-state index contributed by atoms with van der Waals surface area (Å²) in [6.07, 6.45) is 24.1. The maximum atomic E-state index is 9.41. The molecule has 0 amide bonds. The van der Waals surface area contributed by atoms with Crippen LogP contribution in [0.5, 0.6) is 23.0 Å². The van der Waals surface area contributed by atoms with Gasteiger partial charge in [-0.1, -0.05) is 37.1 Å². The number of nitrogens with zero attached hydrogens (tertiary/aromatic N) is 4. The summed E-state index contributed by atoms with van der Waals surface area (Å²) in [7, 11) is 3.32. The summed E-state index contributed by atoms with van der Waals surface area (Å²) in [6.45, 7) is 14.8. The van der Waals surface area contributed by atoms with Gasteiger partial charge < -0.3 is 18.9 Å². The standard InChI is InChI=1S/C48H38N4O4S4/c1-51-42(52-2)22-31-21-37(54-4)46(58-31)41-24-39-44(60-41)33-17-29-18-34-32(16-28(29)19-35(33)48(56-39)13-9-6-10-14-48)43-38(55-47(34)11-7-5-8-12-47)23-40(59-43)45-36(53-3)20-30(57-45)15-27(25-49)26-50/h15-24,28-29H,5-14H2,3-4H3. The molecule has 12 heteroatoms. The summed E-state index contributed by atoms with van der Waals surface area (Å²) in [5, 5.41) is 18.8. The molecule has 2 unspecified atom stereocenters. The van der Waals surface area contributed by atoms with Crippen molar-refractivity contribution < 1.29 is 18.9 Å². The summed E-state index contributed by atoms with van der Waals surface area (Å²) in [5.74, 6) is 3.61. The number of ether oxygens (including phenoxy) is 4. The van der Waals surface area contributed by atoms with Crippen molar-refractivity contribution in [1.82, 2.24) is 0 Å². The fraction of sp³-hybridized carbons (Fsp3) is 0.333. The summed E-state index contributed by atoms with van der Waals surface area (Å²) in [4.78, 5) is 14.6. The van der Waals surface area contributed by atoms with E-state index in [9.17, 15) is 10.5 Å². The smallest absolute Gasteiger partial charge is 0.495 e. The minimum absolute atomic E-state index is 0.0290. The first-order valence-corrected chi connectivity index (χ1v) is 23.5. The van der Waals surface area contributed by atoms with E-state index in [1.165, 1.54) is 57.8 Å². The van der Waals surface area contributed by atoms with Gasteiger partial charge in [-0.2, -0.15) is 20.2 Å². The van der Waals surface area contributed by atoms with Crippen molar-refractivity contribution in [3.05, 3.63) is 113 Å². The lowest BCUT2D eigenvalue weighted by molar-refractivity contribution is 0.0636. The fourth-order valence-electron chi connectivity index (χ4n) is 9.90. The molecule has 0 N–H and O–H groups in total. The van der Waals surface area contributed by atoms with Crippen LogP contribution < -0.4 is 18.9 Å². The van der Waals surface area contributed by atoms with Gasteiger partial charge in [-0.05, 0) is 80.7 Å². The summed E-state index contributed by atoms with van der Waals surface area (Å²) in [6, 6.07) is 12.1. The van der Waals surface area contributed by atoms with Crippen LogP contribution in [0.1, 0.15) is 83.7 Å². The second kappa shape index (κ2) is 15.1. The lowest BCUT2D eigenvalue weighted by atomic mass is 9.65. The van der Waals surface area contributed by atoms with E-state index in [2.05, 4.69) is 46.1 Å². The molecule has 8 nitrogen and oxygen atoms in total. The Morgan fingerprint density at radius 1 is 0.650 bits per heavy atom. The summed E-state index contributed by atoms with van der Waals surface area (Å²) >= 11 is 6.50. The number of rotatable bonds is 6. The van der Waals surface area contributed by atoms with Crippen molar-refractivity contribution in [3.63, 3.8) is 0 Å². The summed E-state index contributed by atoms with van der Waals surface area (Å²) < 4.78 is 26.1. The first kappa shape index (κ1) is 38.6. The maximum absolute atomic E-state index is 9.41. The van der Waals surface area contributed by atoms with Gasteiger partial charge in [-0.3, -0.25) is 0 Å². The van der Waals surface area contributed by atoms with Crippen LogP contribution in [0.3, 0.4) is 0 Å². The number of methoxy groups -OCH3 is 2. The molecule has 0 saturated heterocycles. The van der Waals surface area contributed by atoms with Gasteiger partial charge in [-0.25, -0.2) is 0 Å². The molecule has 0 bridgehead atoms. The molecule has 4 aromatic heterocycles. The molecule has 60 heavy (non-hydrogen) atoms. The molecular weight excluding hydrogens is 825 g/mol. The Morgan fingerprint density at radius 3 is 1.52 bits per heavy atom. The average Bonchev–Trinajstić information content (AvgIpc) is 4.09. The molecule has 6 aliphatic rings. The third-order valence-corrected chi connectivity index (χ3v) is 17.4. The van der Waals surface area contributed by atoms with Gasteiger partial charge in [0.2, 0.25) is 0 Å². The number of hydrogen-bond donors (Lipinski definition) is 0. The van der Waals surface area contributed by atoms with Crippen molar-refractivity contribution in [2.75, 3.05) is 14.2 Å². The van der Waals surface area contributed by atoms with Crippen molar-refractivity contribution in [2.45, 2.75) is 75.4 Å². The number of allylic oxidation sites excluding steroid dienone is 5. The third kappa shape index (κ3) is 6.29. The quantitative estimate of drug-likeness (QED) is 0.142. The van der Waals surface area contributed by atoms with E-state index in [4.69, 9.17) is 32.1 Å². The Balaban J connectivity index is 1.08. The van der Waals surface area contributed by atoms with Gasteiger partial charge in [0.15, 0.2) is 0 Å². The van der Waals surface area contributed by atoms with Gasteiger partial charge in [0.1, 0.15) is 65.1 Å². The highest BCUT2D eigenvalue weighted by molar-refractivity contribution is 7.24. The predicted octanol–water partition coefficient (Wildman–Crippen LogP) is 13.6. The molecule has 6 heterocycles. The highest BCUT2D eigenvalue weighted by Gasteiger charge is 2.50. The highest BCUT2D eigenvalue weighted by atomic mass is 32.1. The SMILES string of the molecule is [C-]#[N+]C(=Cc1cc(OC)c(-c2cc3c(s2)C2=CC4C=C5C(=CC4C=C2C2(CCCCC2)O3)c2sc(-c3sc(C=C(C#N)C#N)cc3OC)cc2OC52CCCCC2)s1)[N+]#[C-]. The molecule has 2 saturated carbocycles. The first-order chi connectivity index (χ1) is 29.3. The van der Waals surface area contributed by atoms with Gasteiger partial charge >= 0.3 is 5.82 Å². The van der Waals surface area contributed by atoms with E-state index in [1.54, 1.807) is 49.0 Å². The van der Waals surface area contributed by atoms with E-state index in [0.717, 1.165) is 108 Å². The third-order valence-electron chi connectivity index (χ3n) is 12.6. The van der Waals surface area contributed by atoms with Crippen LogP contribution in [-0.4, -0.2) is 25.4 Å². The highest BCUT2D eigenvalue weighted by Crippen LogP contribution is 2.61. The Morgan fingerprint density at radius 2 is 1.10 bits per heavy atom. The molecule has 4 aromatic rings. The van der Waals surface area contributed by atoms with Gasteiger partial charge in [0.05, 0.1) is 43.5 Å². The molecule has 0 aromatic carbocycles. The van der Waals surface area contributed by atoms with E-state index >= 15 is 0 Å². The Labute approximate surface area is 365 Å². The van der Waals surface area contributed by atoms with Crippen LogP contribution in [-0.2, 0) is 0 Å². The second-order valence-electron chi connectivity index (χ2n) is 16.0. The average molecular weight is 863 g/mol. The zero-order valence-electron chi connectivity index (χ0n) is 33.1. The molecule has 2 spiro atoms. The molecule has 2 fully saturated rings. The lowest BCUT2D eigenvalue weighted by Gasteiger charge is -2.48. The Bertz CT molecular complexity index is 2610. The van der Waals surface area contributed by atoms with E-state index in [0.29, 0.717) is 5.75 Å². The molecule has 4 aliphatic carbocycles. The van der Waals surface area contributed by atoms with Crippen LogP contribution in [0.25, 0.3) is 52.5 Å². The summed E-state index contributed by atoms with van der Waals surface area (Å²) in [5.41, 5.74) is 4.44. The van der Waals surface area contributed by atoms with Crippen LogP contribution in [0.4, 0.5) is 0 Å². The zero-order chi connectivity index (χ0) is 41.2. The van der Waals surface area contributed by atoms with Crippen LogP contribution in [0, 0.1) is 47.6 Å². The number of thiophene rings is 4. The predicted molar refractivity (Wildman–Crippen MR) is 241 cm³/mol. The van der Waals surface area contributed by atoms with Crippen LogP contribution in [0.2, 0.25) is 0 Å². The normalized spacial score (nSPS) is 21.0. The minimum Gasteiger partial charge on any atom is -0.495 e. The fourth-order valence-corrected chi connectivity index (χ4v) is 14.5. The van der Waals surface area contributed by atoms with Crippen LogP contribution >= 0.6 is 45.3 Å².